The van der Waals surface area contributed by atoms with Crippen LogP contribution in [0.4, 0.5) is 15.3 Å². The van der Waals surface area contributed by atoms with Crippen LogP contribution in [0.3, 0.4) is 0 Å². The number of carbonyl (C=O) groups excluding carboxylic acids is 3. The van der Waals surface area contributed by atoms with Gasteiger partial charge in [0.25, 0.3) is 5.91 Å². The highest BCUT2D eigenvalue weighted by atomic mass is 16.6. The van der Waals surface area contributed by atoms with E-state index in [9.17, 15) is 19.2 Å². The third kappa shape index (κ3) is 7.26. The van der Waals surface area contributed by atoms with Gasteiger partial charge in [0.2, 0.25) is 0 Å². The largest absolute Gasteiger partial charge is 0.481 e. The predicted octanol–water partition coefficient (Wildman–Crippen LogP) is 1.98. The summed E-state index contributed by atoms with van der Waals surface area (Å²) in [5.41, 5.74) is 0.185. The summed E-state index contributed by atoms with van der Waals surface area (Å²) in [5.74, 6) is -1.42. The maximum absolute atomic E-state index is 12.5. The van der Waals surface area contributed by atoms with E-state index >= 15 is 0 Å². The molecule has 0 atom stereocenters. The van der Waals surface area contributed by atoms with Crippen molar-refractivity contribution in [2.45, 2.75) is 32.8 Å². The second-order valence-electron chi connectivity index (χ2n) is 7.87. The molecule has 10 heteroatoms. The third-order valence-corrected chi connectivity index (χ3v) is 4.22. The van der Waals surface area contributed by atoms with Crippen molar-refractivity contribution >= 4 is 29.7 Å². The second kappa shape index (κ2) is 9.95. The number of carboxylic acids is 1. The fourth-order valence-electron chi connectivity index (χ4n) is 2.74. The molecule has 4 amide bonds. The first-order valence-corrected chi connectivity index (χ1v) is 9.69. The van der Waals surface area contributed by atoms with Gasteiger partial charge in [-0.2, -0.15) is 0 Å². The molecule has 0 aliphatic carbocycles. The van der Waals surface area contributed by atoms with Gasteiger partial charge in [-0.25, -0.2) is 9.59 Å². The number of nitrogens with one attached hydrogen (secondary N) is 2. The highest BCUT2D eigenvalue weighted by Crippen LogP contribution is 2.14. The number of nitrogens with zero attached hydrogens (tertiary/aromatic N) is 2. The van der Waals surface area contributed by atoms with E-state index in [0.29, 0.717) is 37.4 Å². The van der Waals surface area contributed by atoms with Gasteiger partial charge in [-0.1, -0.05) is 6.07 Å². The van der Waals surface area contributed by atoms with Crippen molar-refractivity contribution < 1.29 is 29.0 Å². The normalized spacial score (nSPS) is 14.1. The zero-order valence-corrected chi connectivity index (χ0v) is 17.4. The molecule has 10 nitrogen and oxygen atoms in total. The maximum Gasteiger partial charge on any atom is 0.410 e. The van der Waals surface area contributed by atoms with Gasteiger partial charge in [0.05, 0.1) is 6.42 Å². The van der Waals surface area contributed by atoms with Crippen molar-refractivity contribution in [3.05, 3.63) is 29.8 Å². The summed E-state index contributed by atoms with van der Waals surface area (Å²) in [6.07, 6.45) is -0.568. The average molecular weight is 420 g/mol. The second-order valence-corrected chi connectivity index (χ2v) is 7.87. The quantitative estimate of drug-likeness (QED) is 0.668. The van der Waals surface area contributed by atoms with Gasteiger partial charge in [-0.15, -0.1) is 0 Å². The van der Waals surface area contributed by atoms with Crippen LogP contribution >= 0.6 is 0 Å². The Bertz CT molecular complexity index is 797. The van der Waals surface area contributed by atoms with Crippen LogP contribution < -0.4 is 10.6 Å². The van der Waals surface area contributed by atoms with E-state index in [0.717, 1.165) is 0 Å². The minimum Gasteiger partial charge on any atom is -0.481 e. The standard InChI is InChI=1S/C20H28N4O6/c1-20(2,3)30-19(29)24-11-9-23(10-12-24)18(28)22-15-6-4-5-14(13-15)17(27)21-8-7-16(25)26/h4-6,13H,7-12H2,1-3H3,(H,21,27)(H,22,28)(H,25,26). The van der Waals surface area contributed by atoms with Crippen LogP contribution in [0.25, 0.3) is 0 Å². The van der Waals surface area contributed by atoms with E-state index in [-0.39, 0.29) is 19.0 Å². The Balaban J connectivity index is 1.86. The van der Waals surface area contributed by atoms with Crippen molar-refractivity contribution in [1.29, 1.82) is 0 Å². The van der Waals surface area contributed by atoms with Crippen LogP contribution in [0.15, 0.2) is 24.3 Å². The van der Waals surface area contributed by atoms with Gasteiger partial charge >= 0.3 is 18.1 Å². The lowest BCUT2D eigenvalue weighted by Crippen LogP contribution is -2.52. The molecular formula is C20H28N4O6. The highest BCUT2D eigenvalue weighted by molar-refractivity contribution is 5.97. The molecule has 30 heavy (non-hydrogen) atoms. The number of amides is 4. The van der Waals surface area contributed by atoms with Crippen LogP contribution in [0, 0.1) is 0 Å². The monoisotopic (exact) mass is 420 g/mol. The molecule has 1 aromatic rings. The van der Waals surface area contributed by atoms with E-state index in [4.69, 9.17) is 9.84 Å². The lowest BCUT2D eigenvalue weighted by molar-refractivity contribution is -0.136. The molecule has 0 aromatic heterocycles. The zero-order valence-electron chi connectivity index (χ0n) is 17.4. The van der Waals surface area contributed by atoms with Crippen LogP contribution in [0.1, 0.15) is 37.6 Å². The van der Waals surface area contributed by atoms with E-state index in [1.165, 1.54) is 6.07 Å². The summed E-state index contributed by atoms with van der Waals surface area (Å²) >= 11 is 0. The highest BCUT2D eigenvalue weighted by Gasteiger charge is 2.27. The molecule has 1 aliphatic rings. The number of aliphatic carboxylic acids is 1. The Morgan fingerprint density at radius 2 is 1.70 bits per heavy atom. The first-order chi connectivity index (χ1) is 14.0. The van der Waals surface area contributed by atoms with Crippen molar-refractivity contribution in [1.82, 2.24) is 15.1 Å². The van der Waals surface area contributed by atoms with Crippen LogP contribution in [0.5, 0.6) is 0 Å². The van der Waals surface area contributed by atoms with Gasteiger partial charge in [-0.3, -0.25) is 9.59 Å². The SMILES string of the molecule is CC(C)(C)OC(=O)N1CCN(C(=O)Nc2cccc(C(=O)NCCC(=O)O)c2)CC1. The molecule has 1 aromatic carbocycles. The fourth-order valence-corrected chi connectivity index (χ4v) is 2.74. The molecule has 0 radical (unpaired) electrons. The number of ether oxygens (including phenoxy) is 1. The maximum atomic E-state index is 12.5. The Labute approximate surface area is 175 Å². The van der Waals surface area contributed by atoms with Crippen molar-refractivity contribution in [2.75, 3.05) is 38.0 Å². The molecule has 3 N–H and O–H groups in total. The fraction of sp³-hybridized carbons (Fsp3) is 0.500. The Morgan fingerprint density at radius 3 is 2.30 bits per heavy atom. The number of carbonyl (C=O) groups is 4. The molecule has 2 rings (SSSR count). The lowest BCUT2D eigenvalue weighted by Gasteiger charge is -2.35. The molecule has 0 bridgehead atoms. The number of urea groups is 1. The first-order valence-electron chi connectivity index (χ1n) is 9.69. The smallest absolute Gasteiger partial charge is 0.410 e. The number of benzene rings is 1. The van der Waals surface area contributed by atoms with Gasteiger partial charge in [0.15, 0.2) is 0 Å². The zero-order chi connectivity index (χ0) is 22.3. The van der Waals surface area contributed by atoms with E-state index in [2.05, 4.69) is 10.6 Å². The molecule has 0 saturated carbocycles. The number of rotatable bonds is 5. The van der Waals surface area contributed by atoms with Crippen molar-refractivity contribution in [3.8, 4) is 0 Å². The first kappa shape index (κ1) is 23.0. The van der Waals surface area contributed by atoms with E-state index < -0.39 is 23.6 Å². The summed E-state index contributed by atoms with van der Waals surface area (Å²) in [5, 5.41) is 13.9. The lowest BCUT2D eigenvalue weighted by atomic mass is 10.2. The molecular weight excluding hydrogens is 392 g/mol. The summed E-state index contributed by atoms with van der Waals surface area (Å²) in [7, 11) is 0. The van der Waals surface area contributed by atoms with Crippen molar-refractivity contribution in [2.24, 2.45) is 0 Å². The number of hydrogen-bond donors (Lipinski definition) is 3. The minimum absolute atomic E-state index is 0.0205. The van der Waals surface area contributed by atoms with Crippen LogP contribution in [-0.2, 0) is 9.53 Å². The summed E-state index contributed by atoms with van der Waals surface area (Å²) in [6.45, 7) is 6.88. The summed E-state index contributed by atoms with van der Waals surface area (Å²) < 4.78 is 5.34. The number of piperazine rings is 1. The third-order valence-electron chi connectivity index (χ3n) is 4.22. The van der Waals surface area contributed by atoms with Gasteiger partial charge in [-0.05, 0) is 39.0 Å². The Hall–Kier alpha value is -3.30. The number of hydrogen-bond acceptors (Lipinski definition) is 5. The molecule has 1 aliphatic heterocycles. The Morgan fingerprint density at radius 1 is 1.07 bits per heavy atom. The van der Waals surface area contributed by atoms with Crippen LogP contribution in [-0.4, -0.2) is 77.2 Å². The number of anilines is 1. The van der Waals surface area contributed by atoms with Gasteiger partial charge in [0, 0.05) is 44.0 Å². The van der Waals surface area contributed by atoms with E-state index in [1.54, 1.807) is 48.8 Å². The van der Waals surface area contributed by atoms with Crippen molar-refractivity contribution in [3.63, 3.8) is 0 Å². The molecule has 1 saturated heterocycles. The number of carboxylic acid groups (broad SMARTS) is 1. The van der Waals surface area contributed by atoms with E-state index in [1.807, 2.05) is 0 Å². The predicted molar refractivity (Wildman–Crippen MR) is 109 cm³/mol. The van der Waals surface area contributed by atoms with Gasteiger partial charge < -0.3 is 30.3 Å². The minimum atomic E-state index is -0.997. The molecule has 1 fully saturated rings. The van der Waals surface area contributed by atoms with Crippen LogP contribution in [0.2, 0.25) is 0 Å². The Kier molecular flexibility index (Phi) is 7.62. The summed E-state index contributed by atoms with van der Waals surface area (Å²) in [6, 6.07) is 6.05. The summed E-state index contributed by atoms with van der Waals surface area (Å²) in [4.78, 5) is 50.4. The molecule has 1 heterocycles. The van der Waals surface area contributed by atoms with Gasteiger partial charge in [0.1, 0.15) is 5.60 Å². The molecule has 0 unspecified atom stereocenters. The molecule has 164 valence electrons. The average Bonchev–Trinajstić information content (AvgIpc) is 2.66. The molecule has 0 spiro atoms. The topological polar surface area (TPSA) is 128 Å².